The Kier molecular flexibility index (Phi) is 6.29. The highest BCUT2D eigenvalue weighted by Crippen LogP contribution is 2.20. The van der Waals surface area contributed by atoms with E-state index in [1.54, 1.807) is 32.2 Å². The molecule has 2 N–H and O–H groups in total. The Labute approximate surface area is 152 Å². The van der Waals surface area contributed by atoms with Crippen molar-refractivity contribution in [3.05, 3.63) is 46.2 Å². The first kappa shape index (κ1) is 18.7. The van der Waals surface area contributed by atoms with E-state index in [-0.39, 0.29) is 6.54 Å². The van der Waals surface area contributed by atoms with Gasteiger partial charge in [0.1, 0.15) is 5.56 Å². The number of aromatic nitrogens is 2. The Hall–Kier alpha value is -2.68. The second-order valence-electron chi connectivity index (χ2n) is 5.15. The molecule has 1 aromatic carbocycles. The van der Waals surface area contributed by atoms with Crippen LogP contribution in [0.1, 0.15) is 16.1 Å². The lowest BCUT2D eigenvalue weighted by Gasteiger charge is -2.08. The van der Waals surface area contributed by atoms with Gasteiger partial charge in [-0.05, 0) is 35.0 Å². The summed E-state index contributed by atoms with van der Waals surface area (Å²) in [5, 5.41) is 8.96. The molecule has 1 heterocycles. The maximum atomic E-state index is 11.9. The smallest absolute Gasteiger partial charge is 0.342 e. The molecule has 8 nitrogen and oxygen atoms in total. The largest absolute Gasteiger partial charge is 0.452 e. The van der Waals surface area contributed by atoms with Gasteiger partial charge in [-0.1, -0.05) is 12.1 Å². The lowest BCUT2D eigenvalue weighted by atomic mass is 10.3. The van der Waals surface area contributed by atoms with Crippen LogP contribution in [-0.4, -0.2) is 40.7 Å². The van der Waals surface area contributed by atoms with Crippen molar-refractivity contribution in [1.29, 1.82) is 0 Å². The molecule has 0 bridgehead atoms. The molecule has 9 heteroatoms. The van der Waals surface area contributed by atoms with Crippen molar-refractivity contribution in [1.82, 2.24) is 15.1 Å². The molecule has 2 aromatic rings. The minimum atomic E-state index is -0.640. The average molecular weight is 409 g/mol. The molecule has 0 aliphatic heterocycles. The van der Waals surface area contributed by atoms with Crippen molar-refractivity contribution in [3.63, 3.8) is 0 Å². The zero-order valence-corrected chi connectivity index (χ0v) is 15.3. The number of benzene rings is 1. The van der Waals surface area contributed by atoms with Gasteiger partial charge in [0.05, 0.1) is 18.4 Å². The minimum Gasteiger partial charge on any atom is -0.452 e. The average Bonchev–Trinajstić information content (AvgIpc) is 2.92. The van der Waals surface area contributed by atoms with Crippen LogP contribution in [0.3, 0.4) is 0 Å². The zero-order valence-electron chi connectivity index (χ0n) is 13.7. The van der Waals surface area contributed by atoms with Gasteiger partial charge in [-0.25, -0.2) is 4.79 Å². The molecule has 0 spiro atoms. The summed E-state index contributed by atoms with van der Waals surface area (Å²) in [7, 11) is 1.70. The molecule has 132 valence electrons. The van der Waals surface area contributed by atoms with Crippen LogP contribution in [-0.2, 0) is 21.4 Å². The number of carbonyl (C=O) groups excluding carboxylic acids is 3. The fraction of sp³-hybridized carbons (Fsp3) is 0.250. The van der Waals surface area contributed by atoms with E-state index in [4.69, 9.17) is 4.74 Å². The summed E-state index contributed by atoms with van der Waals surface area (Å²) in [5.41, 5.74) is 1.53. The van der Waals surface area contributed by atoms with Gasteiger partial charge in [0.15, 0.2) is 6.61 Å². The third-order valence-electron chi connectivity index (χ3n) is 3.38. The van der Waals surface area contributed by atoms with E-state index in [0.717, 1.165) is 4.47 Å². The van der Waals surface area contributed by atoms with Crippen LogP contribution < -0.4 is 10.6 Å². The van der Waals surface area contributed by atoms with Crippen LogP contribution in [0.15, 0.2) is 34.9 Å². The summed E-state index contributed by atoms with van der Waals surface area (Å²) in [6, 6.07) is 7.11. The van der Waals surface area contributed by atoms with E-state index < -0.39 is 24.4 Å². The van der Waals surface area contributed by atoms with Crippen LogP contribution in [0.25, 0.3) is 0 Å². The van der Waals surface area contributed by atoms with E-state index in [2.05, 4.69) is 31.7 Å². The van der Waals surface area contributed by atoms with Gasteiger partial charge in [0, 0.05) is 17.2 Å². The molecule has 0 aliphatic carbocycles. The minimum absolute atomic E-state index is 0.233. The van der Waals surface area contributed by atoms with Crippen molar-refractivity contribution in [2.45, 2.75) is 6.92 Å². The second-order valence-corrected chi connectivity index (χ2v) is 6.00. The molecular weight excluding hydrogens is 392 g/mol. The number of rotatable bonds is 6. The van der Waals surface area contributed by atoms with E-state index >= 15 is 0 Å². The third kappa shape index (κ3) is 5.15. The zero-order chi connectivity index (χ0) is 18.4. The molecule has 0 aliphatic rings. The van der Waals surface area contributed by atoms with E-state index in [0.29, 0.717) is 16.9 Å². The molecule has 0 unspecified atom stereocenters. The summed E-state index contributed by atoms with van der Waals surface area (Å²) in [5.74, 6) is -1.61. The SMILES string of the molecule is Cc1c(C(=O)OCC(=O)NCC(=O)Nc2ccccc2Br)cnn1C. The highest BCUT2D eigenvalue weighted by molar-refractivity contribution is 9.10. The Balaban J connectivity index is 1.75. The van der Waals surface area contributed by atoms with Gasteiger partial charge in [0.25, 0.3) is 5.91 Å². The van der Waals surface area contributed by atoms with Crippen molar-refractivity contribution in [2.24, 2.45) is 7.05 Å². The maximum Gasteiger partial charge on any atom is 0.342 e. The monoisotopic (exact) mass is 408 g/mol. The van der Waals surface area contributed by atoms with Gasteiger partial charge >= 0.3 is 5.97 Å². The van der Waals surface area contributed by atoms with Crippen molar-refractivity contribution < 1.29 is 19.1 Å². The highest BCUT2D eigenvalue weighted by Gasteiger charge is 2.16. The summed E-state index contributed by atoms with van der Waals surface area (Å²) in [6.07, 6.45) is 1.38. The van der Waals surface area contributed by atoms with Gasteiger partial charge in [-0.15, -0.1) is 0 Å². The van der Waals surface area contributed by atoms with E-state index in [9.17, 15) is 14.4 Å². The number of para-hydroxylation sites is 1. The number of nitrogens with zero attached hydrogens (tertiary/aromatic N) is 2. The molecule has 25 heavy (non-hydrogen) atoms. The Morgan fingerprint density at radius 1 is 1.24 bits per heavy atom. The number of esters is 1. The van der Waals surface area contributed by atoms with Gasteiger partial charge in [0.2, 0.25) is 5.91 Å². The quantitative estimate of drug-likeness (QED) is 0.703. The summed E-state index contributed by atoms with van der Waals surface area (Å²) < 4.78 is 7.17. The molecular formula is C16H17BrN4O4. The number of halogens is 1. The maximum absolute atomic E-state index is 11.9. The van der Waals surface area contributed by atoms with Crippen molar-refractivity contribution >= 4 is 39.4 Å². The topological polar surface area (TPSA) is 102 Å². The number of carbonyl (C=O) groups is 3. The van der Waals surface area contributed by atoms with Gasteiger partial charge in [-0.3, -0.25) is 14.3 Å². The molecule has 0 saturated heterocycles. The first-order valence-electron chi connectivity index (χ1n) is 7.35. The predicted octanol–water partition coefficient (Wildman–Crippen LogP) is 1.40. The summed E-state index contributed by atoms with van der Waals surface area (Å²) >= 11 is 3.31. The van der Waals surface area contributed by atoms with Crippen molar-refractivity contribution in [3.8, 4) is 0 Å². The highest BCUT2D eigenvalue weighted by atomic mass is 79.9. The molecule has 2 amide bonds. The first-order valence-corrected chi connectivity index (χ1v) is 8.14. The number of aryl methyl sites for hydroxylation is 1. The number of hydrogen-bond donors (Lipinski definition) is 2. The third-order valence-corrected chi connectivity index (χ3v) is 4.08. The molecule has 0 saturated carbocycles. The lowest BCUT2D eigenvalue weighted by Crippen LogP contribution is -2.35. The molecule has 1 aromatic heterocycles. The van der Waals surface area contributed by atoms with Crippen LogP contribution >= 0.6 is 15.9 Å². The van der Waals surface area contributed by atoms with Crippen LogP contribution in [0.4, 0.5) is 5.69 Å². The Morgan fingerprint density at radius 2 is 1.96 bits per heavy atom. The van der Waals surface area contributed by atoms with Crippen LogP contribution in [0.2, 0.25) is 0 Å². The number of amides is 2. The van der Waals surface area contributed by atoms with Crippen LogP contribution in [0, 0.1) is 6.92 Å². The fourth-order valence-electron chi connectivity index (χ4n) is 1.89. The standard InChI is InChI=1S/C16H17BrN4O4/c1-10-11(7-19-21(10)2)16(24)25-9-15(23)18-8-14(22)20-13-6-4-3-5-12(13)17/h3-7H,8-9H2,1-2H3,(H,18,23)(H,20,22). The van der Waals surface area contributed by atoms with Crippen LogP contribution in [0.5, 0.6) is 0 Å². The molecule has 2 rings (SSSR count). The lowest BCUT2D eigenvalue weighted by molar-refractivity contribution is -0.126. The summed E-state index contributed by atoms with van der Waals surface area (Å²) in [4.78, 5) is 35.4. The number of ether oxygens (including phenoxy) is 1. The number of nitrogens with one attached hydrogen (secondary N) is 2. The summed E-state index contributed by atoms with van der Waals surface area (Å²) in [6.45, 7) is 1.01. The second kappa shape index (κ2) is 8.43. The predicted molar refractivity (Wildman–Crippen MR) is 94.0 cm³/mol. The molecule has 0 fully saturated rings. The van der Waals surface area contributed by atoms with Gasteiger partial charge < -0.3 is 15.4 Å². The van der Waals surface area contributed by atoms with E-state index in [1.807, 2.05) is 6.07 Å². The fourth-order valence-corrected chi connectivity index (χ4v) is 2.28. The van der Waals surface area contributed by atoms with Gasteiger partial charge in [-0.2, -0.15) is 5.10 Å². The number of hydrogen-bond acceptors (Lipinski definition) is 5. The normalized spacial score (nSPS) is 10.2. The Bertz CT molecular complexity index is 803. The van der Waals surface area contributed by atoms with E-state index in [1.165, 1.54) is 10.9 Å². The molecule has 0 radical (unpaired) electrons. The van der Waals surface area contributed by atoms with Crippen molar-refractivity contribution in [2.75, 3.05) is 18.5 Å². The Morgan fingerprint density at radius 3 is 2.60 bits per heavy atom. The molecule has 0 atom stereocenters. The number of anilines is 1. The first-order chi connectivity index (χ1) is 11.9.